The lowest BCUT2D eigenvalue weighted by atomic mass is 10.3. The molecule has 0 fully saturated rings. The second kappa shape index (κ2) is 3.87. The SMILES string of the molecule is C=C(Br)/C=c1/cc(Cl)ncc1=C. The Labute approximate surface area is 84.2 Å². The van der Waals surface area contributed by atoms with Gasteiger partial charge in [0.15, 0.2) is 0 Å². The van der Waals surface area contributed by atoms with Gasteiger partial charge in [-0.25, -0.2) is 4.98 Å². The fourth-order valence-corrected chi connectivity index (χ4v) is 1.19. The predicted octanol–water partition coefficient (Wildman–Crippen LogP) is 1.83. The molecule has 1 aromatic heterocycles. The summed E-state index contributed by atoms with van der Waals surface area (Å²) >= 11 is 8.92. The van der Waals surface area contributed by atoms with Crippen molar-refractivity contribution in [2.24, 2.45) is 0 Å². The largest absolute Gasteiger partial charge is 0.244 e. The van der Waals surface area contributed by atoms with Crippen molar-refractivity contribution in [2.45, 2.75) is 0 Å². The second-order valence-electron chi connectivity index (χ2n) is 2.30. The van der Waals surface area contributed by atoms with E-state index in [0.29, 0.717) is 5.15 Å². The average Bonchev–Trinajstić information content (AvgIpc) is 1.96. The lowest BCUT2D eigenvalue weighted by Gasteiger charge is -1.90. The summed E-state index contributed by atoms with van der Waals surface area (Å²) in [5.74, 6) is 0. The molecule has 0 spiro atoms. The van der Waals surface area contributed by atoms with Crippen LogP contribution in [0, 0.1) is 0 Å². The molecule has 0 aliphatic heterocycles. The number of hydrogen-bond acceptors (Lipinski definition) is 1. The van der Waals surface area contributed by atoms with E-state index in [1.54, 1.807) is 12.3 Å². The Morgan fingerprint density at radius 3 is 2.92 bits per heavy atom. The van der Waals surface area contributed by atoms with Crippen LogP contribution in [-0.2, 0) is 0 Å². The molecule has 0 bridgehead atoms. The van der Waals surface area contributed by atoms with Crippen LogP contribution in [0.2, 0.25) is 5.15 Å². The van der Waals surface area contributed by atoms with E-state index in [9.17, 15) is 0 Å². The van der Waals surface area contributed by atoms with Crippen LogP contribution in [0.25, 0.3) is 12.7 Å². The van der Waals surface area contributed by atoms with Crippen LogP contribution in [-0.4, -0.2) is 4.98 Å². The van der Waals surface area contributed by atoms with E-state index >= 15 is 0 Å². The van der Waals surface area contributed by atoms with Gasteiger partial charge in [-0.2, -0.15) is 0 Å². The van der Waals surface area contributed by atoms with Crippen molar-refractivity contribution in [1.29, 1.82) is 0 Å². The van der Waals surface area contributed by atoms with Gasteiger partial charge in [0.2, 0.25) is 0 Å². The fraction of sp³-hybridized carbons (Fsp3) is 0. The van der Waals surface area contributed by atoms with E-state index in [1.165, 1.54) is 0 Å². The first-order valence-electron chi connectivity index (χ1n) is 3.26. The fourth-order valence-electron chi connectivity index (χ4n) is 0.775. The minimum Gasteiger partial charge on any atom is -0.244 e. The van der Waals surface area contributed by atoms with E-state index in [2.05, 4.69) is 34.1 Å². The summed E-state index contributed by atoms with van der Waals surface area (Å²) in [6.07, 6.45) is 3.47. The normalized spacial score (nSPS) is 11.7. The van der Waals surface area contributed by atoms with Gasteiger partial charge in [0.1, 0.15) is 5.15 Å². The van der Waals surface area contributed by atoms with Gasteiger partial charge in [-0.15, -0.1) is 0 Å². The molecule has 0 aliphatic carbocycles. The van der Waals surface area contributed by atoms with Crippen LogP contribution in [0.4, 0.5) is 0 Å². The molecule has 62 valence electrons. The molecule has 0 N–H and O–H groups in total. The Bertz CT molecular complexity index is 411. The third-order valence-corrected chi connectivity index (χ3v) is 1.74. The summed E-state index contributed by atoms with van der Waals surface area (Å²) in [6, 6.07) is 1.75. The number of pyridine rings is 1. The molecule has 0 aliphatic rings. The molecule has 1 aromatic rings. The highest BCUT2D eigenvalue weighted by molar-refractivity contribution is 9.12. The number of hydrogen-bond donors (Lipinski definition) is 0. The van der Waals surface area contributed by atoms with Crippen molar-refractivity contribution >= 4 is 40.2 Å². The maximum absolute atomic E-state index is 5.70. The number of rotatable bonds is 1. The monoisotopic (exact) mass is 243 g/mol. The Balaban J connectivity index is 3.42. The molecular formula is C9H7BrClN. The third-order valence-electron chi connectivity index (χ3n) is 1.30. The van der Waals surface area contributed by atoms with Gasteiger partial charge >= 0.3 is 0 Å². The first-order chi connectivity index (χ1) is 5.59. The predicted molar refractivity (Wildman–Crippen MR) is 56.6 cm³/mol. The molecule has 0 amide bonds. The van der Waals surface area contributed by atoms with Crippen LogP contribution in [0.1, 0.15) is 0 Å². The lowest BCUT2D eigenvalue weighted by Crippen LogP contribution is -2.23. The van der Waals surface area contributed by atoms with Crippen molar-refractivity contribution in [3.05, 3.63) is 38.9 Å². The summed E-state index contributed by atoms with van der Waals surface area (Å²) in [7, 11) is 0. The van der Waals surface area contributed by atoms with Crippen LogP contribution in [0.15, 0.2) is 23.3 Å². The molecular weight excluding hydrogens is 237 g/mol. The minimum absolute atomic E-state index is 0.461. The van der Waals surface area contributed by atoms with Gasteiger partial charge in [-0.3, -0.25) is 0 Å². The summed E-state index contributed by atoms with van der Waals surface area (Å²) in [4.78, 5) is 3.88. The maximum Gasteiger partial charge on any atom is 0.129 e. The average molecular weight is 245 g/mol. The summed E-state index contributed by atoms with van der Waals surface area (Å²) in [5, 5.41) is 2.22. The van der Waals surface area contributed by atoms with Crippen LogP contribution >= 0.6 is 27.5 Å². The molecule has 12 heavy (non-hydrogen) atoms. The smallest absolute Gasteiger partial charge is 0.129 e. The summed E-state index contributed by atoms with van der Waals surface area (Å²) < 4.78 is 0.787. The Hall–Kier alpha value is -0.600. The van der Waals surface area contributed by atoms with Crippen molar-refractivity contribution in [3.8, 4) is 0 Å². The maximum atomic E-state index is 5.70. The standard InChI is InChI=1S/C9H7BrClN/c1-6-5-12-9(11)4-8(6)3-7(2)10/h3-5H,1-2H2/b8-3-. The zero-order valence-electron chi connectivity index (χ0n) is 6.35. The second-order valence-corrected chi connectivity index (χ2v) is 3.70. The first kappa shape index (κ1) is 9.49. The molecule has 0 aromatic carbocycles. The molecule has 1 heterocycles. The van der Waals surface area contributed by atoms with Crippen molar-refractivity contribution in [3.63, 3.8) is 0 Å². The van der Waals surface area contributed by atoms with Crippen molar-refractivity contribution < 1.29 is 0 Å². The van der Waals surface area contributed by atoms with Gasteiger partial charge in [0.25, 0.3) is 0 Å². The Morgan fingerprint density at radius 1 is 1.67 bits per heavy atom. The number of allylic oxidation sites excluding steroid dienone is 1. The molecule has 1 nitrogen and oxygen atoms in total. The van der Waals surface area contributed by atoms with Gasteiger partial charge in [0.05, 0.1) is 0 Å². The zero-order chi connectivity index (χ0) is 9.14. The van der Waals surface area contributed by atoms with E-state index < -0.39 is 0 Å². The van der Waals surface area contributed by atoms with Gasteiger partial charge in [0, 0.05) is 10.7 Å². The molecule has 0 unspecified atom stereocenters. The highest BCUT2D eigenvalue weighted by atomic mass is 79.9. The highest BCUT2D eigenvalue weighted by Crippen LogP contribution is 2.01. The van der Waals surface area contributed by atoms with Gasteiger partial charge < -0.3 is 0 Å². The molecule has 0 saturated carbocycles. The quantitative estimate of drug-likeness (QED) is 0.687. The third kappa shape index (κ3) is 2.47. The number of nitrogens with zero attached hydrogens (tertiary/aromatic N) is 1. The molecule has 0 radical (unpaired) electrons. The molecule has 1 rings (SSSR count). The topological polar surface area (TPSA) is 12.9 Å². The number of halogens is 2. The zero-order valence-corrected chi connectivity index (χ0v) is 8.69. The number of aromatic nitrogens is 1. The van der Waals surface area contributed by atoms with Crippen LogP contribution < -0.4 is 10.4 Å². The van der Waals surface area contributed by atoms with E-state index in [4.69, 9.17) is 11.6 Å². The molecule has 0 saturated heterocycles. The summed E-state index contributed by atoms with van der Waals surface area (Å²) in [6.45, 7) is 7.49. The lowest BCUT2D eigenvalue weighted by molar-refractivity contribution is 1.28. The van der Waals surface area contributed by atoms with Gasteiger partial charge in [-0.05, 0) is 22.6 Å². The summed E-state index contributed by atoms with van der Waals surface area (Å²) in [5.41, 5.74) is 0. The van der Waals surface area contributed by atoms with E-state index in [0.717, 1.165) is 14.9 Å². The molecule has 0 atom stereocenters. The van der Waals surface area contributed by atoms with Crippen molar-refractivity contribution in [1.82, 2.24) is 4.98 Å². The Kier molecular flexibility index (Phi) is 3.06. The van der Waals surface area contributed by atoms with E-state index in [1.807, 2.05) is 6.08 Å². The van der Waals surface area contributed by atoms with E-state index in [-0.39, 0.29) is 0 Å². The Morgan fingerprint density at radius 2 is 2.33 bits per heavy atom. The van der Waals surface area contributed by atoms with Gasteiger partial charge in [-0.1, -0.05) is 40.7 Å². The molecule has 3 heteroatoms. The van der Waals surface area contributed by atoms with Crippen LogP contribution in [0.3, 0.4) is 0 Å². The highest BCUT2D eigenvalue weighted by Gasteiger charge is 1.88. The minimum atomic E-state index is 0.461. The first-order valence-corrected chi connectivity index (χ1v) is 4.43. The van der Waals surface area contributed by atoms with Crippen molar-refractivity contribution in [2.75, 3.05) is 0 Å². The van der Waals surface area contributed by atoms with Crippen LogP contribution in [0.5, 0.6) is 0 Å².